The molecule has 0 aromatic carbocycles. The summed E-state index contributed by atoms with van der Waals surface area (Å²) in [4.78, 5) is 13.7. The van der Waals surface area contributed by atoms with Crippen molar-refractivity contribution in [3.05, 3.63) is 0 Å². The molecule has 1 rings (SSSR count). The number of esters is 1. The first-order chi connectivity index (χ1) is 8.19. The highest BCUT2D eigenvalue weighted by Crippen LogP contribution is 2.07. The van der Waals surface area contributed by atoms with Gasteiger partial charge in [-0.3, -0.25) is 9.69 Å². The van der Waals surface area contributed by atoms with Crippen LogP contribution < -0.4 is 5.32 Å². The maximum absolute atomic E-state index is 11.7. The number of piperazine rings is 1. The molecule has 1 aliphatic heterocycles. The molecule has 2 N–H and O–H groups in total. The van der Waals surface area contributed by atoms with E-state index in [1.807, 2.05) is 4.90 Å². The van der Waals surface area contributed by atoms with E-state index in [1.165, 1.54) is 0 Å². The smallest absolute Gasteiger partial charge is 0.324 e. The highest BCUT2D eigenvalue weighted by atomic mass is 16.5. The predicted molar refractivity (Wildman–Crippen MR) is 62.7 cm³/mol. The van der Waals surface area contributed by atoms with Gasteiger partial charge in [0.2, 0.25) is 0 Å². The van der Waals surface area contributed by atoms with Crippen molar-refractivity contribution in [3.63, 3.8) is 0 Å². The van der Waals surface area contributed by atoms with E-state index in [0.717, 1.165) is 13.1 Å². The van der Waals surface area contributed by atoms with Crippen LogP contribution in [0.1, 0.15) is 6.92 Å². The first-order valence-electron chi connectivity index (χ1n) is 5.97. The van der Waals surface area contributed by atoms with Crippen LogP contribution in [0.5, 0.6) is 0 Å². The van der Waals surface area contributed by atoms with Crippen LogP contribution in [0.3, 0.4) is 0 Å². The Labute approximate surface area is 102 Å². The lowest BCUT2D eigenvalue weighted by Crippen LogP contribution is -2.57. The fourth-order valence-corrected chi connectivity index (χ4v) is 1.95. The molecule has 0 aliphatic carbocycles. The number of aliphatic hydroxyl groups excluding tert-OH is 1. The Morgan fingerprint density at radius 1 is 1.65 bits per heavy atom. The van der Waals surface area contributed by atoms with Crippen LogP contribution >= 0.6 is 0 Å². The zero-order valence-electron chi connectivity index (χ0n) is 10.5. The summed E-state index contributed by atoms with van der Waals surface area (Å²) in [5, 5.41) is 12.8. The topological polar surface area (TPSA) is 71.0 Å². The molecular weight excluding hydrogens is 224 g/mol. The van der Waals surface area contributed by atoms with Crippen LogP contribution in [-0.4, -0.2) is 74.6 Å². The average Bonchev–Trinajstić information content (AvgIpc) is 2.30. The zero-order chi connectivity index (χ0) is 12.7. The molecule has 6 nitrogen and oxygen atoms in total. The molecule has 0 aromatic rings. The van der Waals surface area contributed by atoms with Gasteiger partial charge < -0.3 is 19.9 Å². The predicted octanol–water partition coefficient (Wildman–Crippen LogP) is -1.17. The second-order valence-corrected chi connectivity index (χ2v) is 4.08. The number of hydrogen-bond donors (Lipinski definition) is 2. The summed E-state index contributed by atoms with van der Waals surface area (Å²) in [6.07, 6.45) is -0.574. The summed E-state index contributed by atoms with van der Waals surface area (Å²) < 4.78 is 9.90. The van der Waals surface area contributed by atoms with Crippen molar-refractivity contribution < 1.29 is 19.4 Å². The lowest BCUT2D eigenvalue weighted by Gasteiger charge is -2.35. The van der Waals surface area contributed by atoms with Crippen molar-refractivity contribution >= 4 is 5.97 Å². The zero-order valence-corrected chi connectivity index (χ0v) is 10.5. The number of hydrogen-bond acceptors (Lipinski definition) is 6. The fourth-order valence-electron chi connectivity index (χ4n) is 1.95. The summed E-state index contributed by atoms with van der Waals surface area (Å²) in [6, 6.07) is -0.310. The summed E-state index contributed by atoms with van der Waals surface area (Å²) in [5.41, 5.74) is 0. The third-order valence-corrected chi connectivity index (χ3v) is 2.72. The maximum Gasteiger partial charge on any atom is 0.324 e. The number of carbonyl (C=O) groups is 1. The number of β-amino-alcohol motifs (C(OH)–C–C–N with tert-alkyl or cyclic N) is 1. The van der Waals surface area contributed by atoms with Gasteiger partial charge in [0.15, 0.2) is 0 Å². The van der Waals surface area contributed by atoms with E-state index in [1.54, 1.807) is 14.0 Å². The van der Waals surface area contributed by atoms with Gasteiger partial charge in [0.25, 0.3) is 0 Å². The Morgan fingerprint density at radius 3 is 3.06 bits per heavy atom. The van der Waals surface area contributed by atoms with Crippen molar-refractivity contribution in [1.29, 1.82) is 0 Å². The van der Waals surface area contributed by atoms with Crippen molar-refractivity contribution in [2.24, 2.45) is 0 Å². The Hall–Kier alpha value is -0.690. The van der Waals surface area contributed by atoms with E-state index in [2.05, 4.69) is 5.32 Å². The Kier molecular flexibility index (Phi) is 6.43. The fraction of sp³-hybridized carbons (Fsp3) is 0.909. The first-order valence-corrected chi connectivity index (χ1v) is 5.97. The number of rotatable bonds is 6. The van der Waals surface area contributed by atoms with Gasteiger partial charge in [-0.15, -0.1) is 0 Å². The molecule has 1 saturated heterocycles. The summed E-state index contributed by atoms with van der Waals surface area (Å²) >= 11 is 0. The van der Waals surface area contributed by atoms with E-state index >= 15 is 0 Å². The largest absolute Gasteiger partial charge is 0.465 e. The van der Waals surface area contributed by atoms with Gasteiger partial charge in [0.05, 0.1) is 19.3 Å². The van der Waals surface area contributed by atoms with Gasteiger partial charge in [0, 0.05) is 33.3 Å². The third kappa shape index (κ3) is 4.59. The number of aliphatic hydroxyl groups is 1. The van der Waals surface area contributed by atoms with Crippen molar-refractivity contribution in [2.45, 2.75) is 19.1 Å². The number of nitrogens with one attached hydrogen (secondary N) is 1. The standard InChI is InChI=1S/C11H22N2O4/c1-3-17-11(15)10-6-12-4-5-13(10)7-9(14)8-16-2/h9-10,12,14H,3-8H2,1-2H3. The van der Waals surface area contributed by atoms with Crippen LogP contribution in [0.2, 0.25) is 0 Å². The maximum atomic E-state index is 11.7. The molecule has 2 atom stereocenters. The Morgan fingerprint density at radius 2 is 2.41 bits per heavy atom. The van der Waals surface area contributed by atoms with E-state index in [-0.39, 0.29) is 18.6 Å². The Balaban J connectivity index is 2.50. The van der Waals surface area contributed by atoms with Crippen molar-refractivity contribution in [1.82, 2.24) is 10.2 Å². The molecule has 0 amide bonds. The average molecular weight is 246 g/mol. The van der Waals surface area contributed by atoms with Crippen LogP contribution in [0.25, 0.3) is 0 Å². The normalized spacial score (nSPS) is 23.4. The molecule has 0 spiro atoms. The lowest BCUT2D eigenvalue weighted by atomic mass is 10.1. The summed E-state index contributed by atoms with van der Waals surface area (Å²) in [6.45, 7) is 4.99. The van der Waals surface area contributed by atoms with Gasteiger partial charge in [0.1, 0.15) is 6.04 Å². The molecule has 6 heteroatoms. The van der Waals surface area contributed by atoms with Gasteiger partial charge in [-0.1, -0.05) is 0 Å². The molecule has 1 fully saturated rings. The number of carbonyl (C=O) groups excluding carboxylic acids is 1. The van der Waals surface area contributed by atoms with Gasteiger partial charge in [-0.25, -0.2) is 0 Å². The number of ether oxygens (including phenoxy) is 2. The van der Waals surface area contributed by atoms with E-state index in [9.17, 15) is 9.90 Å². The Bertz CT molecular complexity index is 238. The minimum atomic E-state index is -0.574. The van der Waals surface area contributed by atoms with E-state index in [4.69, 9.17) is 9.47 Å². The molecule has 0 bridgehead atoms. The molecule has 0 saturated carbocycles. The quantitative estimate of drug-likeness (QED) is 0.576. The minimum absolute atomic E-state index is 0.232. The van der Waals surface area contributed by atoms with Crippen molar-refractivity contribution in [3.8, 4) is 0 Å². The van der Waals surface area contributed by atoms with Crippen LogP contribution in [0, 0.1) is 0 Å². The SMILES string of the molecule is CCOC(=O)C1CNCCN1CC(O)COC. The monoisotopic (exact) mass is 246 g/mol. The molecule has 17 heavy (non-hydrogen) atoms. The highest BCUT2D eigenvalue weighted by molar-refractivity contribution is 5.76. The number of nitrogens with zero attached hydrogens (tertiary/aromatic N) is 1. The molecule has 2 unspecified atom stereocenters. The second kappa shape index (κ2) is 7.60. The second-order valence-electron chi connectivity index (χ2n) is 4.08. The van der Waals surface area contributed by atoms with Crippen LogP contribution in [-0.2, 0) is 14.3 Å². The molecule has 0 radical (unpaired) electrons. The molecule has 0 aromatic heterocycles. The van der Waals surface area contributed by atoms with Crippen LogP contribution in [0.4, 0.5) is 0 Å². The minimum Gasteiger partial charge on any atom is -0.465 e. The first kappa shape index (κ1) is 14.4. The third-order valence-electron chi connectivity index (χ3n) is 2.72. The lowest BCUT2D eigenvalue weighted by molar-refractivity contribution is -0.151. The molecule has 1 aliphatic rings. The molecule has 1 heterocycles. The van der Waals surface area contributed by atoms with Gasteiger partial charge >= 0.3 is 5.97 Å². The molecular formula is C11H22N2O4. The van der Waals surface area contributed by atoms with Crippen LogP contribution in [0.15, 0.2) is 0 Å². The number of methoxy groups -OCH3 is 1. The molecule has 100 valence electrons. The van der Waals surface area contributed by atoms with Gasteiger partial charge in [-0.05, 0) is 6.92 Å². The van der Waals surface area contributed by atoms with E-state index < -0.39 is 6.10 Å². The van der Waals surface area contributed by atoms with E-state index in [0.29, 0.717) is 19.7 Å². The summed E-state index contributed by atoms with van der Waals surface area (Å²) in [7, 11) is 1.55. The van der Waals surface area contributed by atoms with Crippen molar-refractivity contribution in [2.75, 3.05) is 46.5 Å². The van der Waals surface area contributed by atoms with Gasteiger partial charge in [-0.2, -0.15) is 0 Å². The highest BCUT2D eigenvalue weighted by Gasteiger charge is 2.30. The summed E-state index contributed by atoms with van der Waals surface area (Å²) in [5.74, 6) is -0.232.